The Hall–Kier alpha value is -2.79. The average molecular weight is 758 g/mol. The van der Waals surface area contributed by atoms with Crippen LogP contribution in [0.2, 0.25) is 0 Å². The van der Waals surface area contributed by atoms with E-state index in [0.29, 0.717) is 19.8 Å². The van der Waals surface area contributed by atoms with Crippen LogP contribution in [0.4, 0.5) is 74.6 Å². The molecule has 0 radical (unpaired) electrons. The SMILES string of the molecule is CCCCCCC(F)(F)C(F)(F)C(F)(F)NCCC(CC)CCCC.Cc1c(F)c(F)c(F)c(C(F)(F)F)c1-c1c(F)c(F)c(F)c(F)c1F. The van der Waals surface area contributed by atoms with E-state index in [4.69, 9.17) is 0 Å². The first kappa shape index (κ1) is 45.2. The minimum atomic E-state index is -5.83. The van der Waals surface area contributed by atoms with Gasteiger partial charge in [0.25, 0.3) is 0 Å². The Labute approximate surface area is 277 Å². The van der Waals surface area contributed by atoms with Crippen molar-refractivity contribution >= 4 is 0 Å². The molecule has 1 atom stereocenters. The van der Waals surface area contributed by atoms with Crippen LogP contribution >= 0.6 is 0 Å². The molecule has 2 aromatic carbocycles. The molecular formula is C32H36F17N. The van der Waals surface area contributed by atoms with Crippen molar-refractivity contribution in [1.82, 2.24) is 5.32 Å². The van der Waals surface area contributed by atoms with Gasteiger partial charge in [0.1, 0.15) is 5.56 Å². The zero-order valence-corrected chi connectivity index (χ0v) is 27.3. The third-order valence-corrected chi connectivity index (χ3v) is 7.94. The lowest BCUT2D eigenvalue weighted by molar-refractivity contribution is -0.320. The third-order valence-electron chi connectivity index (χ3n) is 7.94. The van der Waals surface area contributed by atoms with E-state index in [1.165, 1.54) is 5.32 Å². The van der Waals surface area contributed by atoms with Crippen molar-refractivity contribution in [1.29, 1.82) is 0 Å². The summed E-state index contributed by atoms with van der Waals surface area (Å²) in [7, 11) is 0. The number of hydrogen-bond acceptors (Lipinski definition) is 1. The molecule has 0 heterocycles. The molecule has 18 heteroatoms. The summed E-state index contributed by atoms with van der Waals surface area (Å²) in [6.07, 6.45) is -1.83. The van der Waals surface area contributed by atoms with Gasteiger partial charge in [0.2, 0.25) is 5.82 Å². The fourth-order valence-corrected chi connectivity index (χ4v) is 4.93. The summed E-state index contributed by atoms with van der Waals surface area (Å²) in [5.41, 5.74) is -8.45. The largest absolute Gasteiger partial charge is 0.419 e. The fourth-order valence-electron chi connectivity index (χ4n) is 4.93. The molecule has 50 heavy (non-hydrogen) atoms. The third kappa shape index (κ3) is 10.2. The van der Waals surface area contributed by atoms with Gasteiger partial charge in [-0.15, -0.1) is 0 Å². The summed E-state index contributed by atoms with van der Waals surface area (Å²) < 4.78 is 229. The molecule has 0 amide bonds. The van der Waals surface area contributed by atoms with Gasteiger partial charge in [-0.3, -0.25) is 5.32 Å². The minimum Gasteiger partial charge on any atom is -0.253 e. The Balaban J connectivity index is 0.000000500. The van der Waals surface area contributed by atoms with Gasteiger partial charge in [-0.25, -0.2) is 35.1 Å². The zero-order valence-electron chi connectivity index (χ0n) is 27.3. The lowest BCUT2D eigenvalue weighted by atomic mass is 9.92. The van der Waals surface area contributed by atoms with Crippen LogP contribution in [-0.4, -0.2) is 24.4 Å². The molecule has 1 N–H and O–H groups in total. The lowest BCUT2D eigenvalue weighted by Gasteiger charge is -2.33. The number of benzene rings is 2. The molecular weight excluding hydrogens is 721 g/mol. The number of halogens is 17. The predicted octanol–water partition coefficient (Wildman–Crippen LogP) is 12.8. The summed E-state index contributed by atoms with van der Waals surface area (Å²) in [6, 6.07) is -4.93. The predicted molar refractivity (Wildman–Crippen MR) is 151 cm³/mol. The van der Waals surface area contributed by atoms with Crippen molar-refractivity contribution < 1.29 is 74.6 Å². The summed E-state index contributed by atoms with van der Waals surface area (Å²) in [4.78, 5) is 0. The number of nitrogens with one attached hydrogen (secondary N) is 1. The van der Waals surface area contributed by atoms with Gasteiger partial charge in [-0.2, -0.15) is 39.5 Å². The highest BCUT2D eigenvalue weighted by atomic mass is 19.4. The zero-order chi connectivity index (χ0) is 39.0. The Morgan fingerprint density at radius 1 is 0.540 bits per heavy atom. The van der Waals surface area contributed by atoms with E-state index >= 15 is 0 Å². The molecule has 2 aromatic rings. The number of hydrogen-bond donors (Lipinski definition) is 1. The van der Waals surface area contributed by atoms with Crippen LogP contribution in [0.25, 0.3) is 11.1 Å². The van der Waals surface area contributed by atoms with Gasteiger partial charge in [0.05, 0.1) is 5.56 Å². The summed E-state index contributed by atoms with van der Waals surface area (Å²) in [5, 5.41) is 1.38. The summed E-state index contributed by atoms with van der Waals surface area (Å²) in [5.74, 6) is -31.2. The number of rotatable bonds is 16. The second kappa shape index (κ2) is 18.1. The van der Waals surface area contributed by atoms with Crippen molar-refractivity contribution in [2.75, 3.05) is 6.54 Å². The van der Waals surface area contributed by atoms with Crippen LogP contribution in [0.5, 0.6) is 0 Å². The maximum absolute atomic E-state index is 13.8. The van der Waals surface area contributed by atoms with E-state index in [1.54, 1.807) is 0 Å². The average Bonchev–Trinajstić information content (AvgIpc) is 3.03. The van der Waals surface area contributed by atoms with Gasteiger partial charge >= 0.3 is 24.1 Å². The van der Waals surface area contributed by atoms with E-state index in [1.807, 2.05) is 20.8 Å². The van der Waals surface area contributed by atoms with E-state index in [9.17, 15) is 74.6 Å². The van der Waals surface area contributed by atoms with Crippen LogP contribution in [0.1, 0.15) is 96.1 Å². The van der Waals surface area contributed by atoms with Crippen LogP contribution in [0.3, 0.4) is 0 Å². The fraction of sp³-hybridized carbons (Fsp3) is 0.625. The normalized spacial score (nSPS) is 13.4. The molecule has 0 aliphatic heterocycles. The monoisotopic (exact) mass is 757 g/mol. The molecule has 0 aliphatic rings. The molecule has 0 spiro atoms. The molecule has 288 valence electrons. The van der Waals surface area contributed by atoms with Crippen LogP contribution in [-0.2, 0) is 6.18 Å². The first-order chi connectivity index (χ1) is 22.9. The van der Waals surface area contributed by atoms with Gasteiger partial charge in [-0.1, -0.05) is 65.7 Å². The molecule has 0 aromatic heterocycles. The van der Waals surface area contributed by atoms with Crippen LogP contribution in [0.15, 0.2) is 0 Å². The van der Waals surface area contributed by atoms with Crippen molar-refractivity contribution in [3.63, 3.8) is 0 Å². The highest BCUT2D eigenvalue weighted by molar-refractivity contribution is 5.73. The van der Waals surface area contributed by atoms with Gasteiger partial charge in [-0.05, 0) is 31.2 Å². The van der Waals surface area contributed by atoms with Crippen LogP contribution < -0.4 is 5.32 Å². The van der Waals surface area contributed by atoms with Gasteiger partial charge in [0.15, 0.2) is 40.7 Å². The van der Waals surface area contributed by atoms with Crippen molar-refractivity contribution in [2.24, 2.45) is 5.92 Å². The maximum Gasteiger partial charge on any atom is 0.419 e. The standard InChI is InChI=1S/C18H33F6N.C14H3F11/c1-4-7-9-10-13-16(19,20)17(21,22)18(23,24)25-14-12-15(6-3)11-8-5-2;1-2-3(4-7(16)11(20)13(22)12(21)8(4)17)5(14(23,24)25)9(18)10(19)6(2)15/h15,25H,4-14H2,1-3H3;1H3. The number of alkyl halides is 9. The van der Waals surface area contributed by atoms with Crippen LogP contribution in [0, 0.1) is 59.4 Å². The molecule has 0 saturated carbocycles. The van der Waals surface area contributed by atoms with Crippen molar-refractivity contribution in [2.45, 2.75) is 116 Å². The van der Waals surface area contributed by atoms with Crippen molar-refractivity contribution in [3.8, 4) is 11.1 Å². The minimum absolute atomic E-state index is 0.131. The van der Waals surface area contributed by atoms with Crippen molar-refractivity contribution in [3.05, 3.63) is 57.7 Å². The quantitative estimate of drug-likeness (QED) is 0.0591. The summed E-state index contributed by atoms with van der Waals surface area (Å²) in [6.45, 7) is 5.70. The highest BCUT2D eigenvalue weighted by Gasteiger charge is 2.70. The molecule has 0 bridgehead atoms. The molecule has 0 aliphatic carbocycles. The summed E-state index contributed by atoms with van der Waals surface area (Å²) >= 11 is 0. The van der Waals surface area contributed by atoms with E-state index < -0.39 is 106 Å². The number of unbranched alkanes of at least 4 members (excludes halogenated alkanes) is 4. The lowest BCUT2D eigenvalue weighted by Crippen LogP contribution is -2.61. The first-order valence-electron chi connectivity index (χ1n) is 15.5. The molecule has 0 fully saturated rings. The van der Waals surface area contributed by atoms with E-state index in [0.717, 1.165) is 32.1 Å². The van der Waals surface area contributed by atoms with Gasteiger partial charge in [0, 0.05) is 18.5 Å². The molecule has 1 nitrogen and oxygen atoms in total. The molecule has 1 unspecified atom stereocenters. The second-order valence-electron chi connectivity index (χ2n) is 11.6. The van der Waals surface area contributed by atoms with Gasteiger partial charge < -0.3 is 0 Å². The van der Waals surface area contributed by atoms with E-state index in [-0.39, 0.29) is 18.8 Å². The molecule has 0 saturated heterocycles. The first-order valence-corrected chi connectivity index (χ1v) is 15.5. The van der Waals surface area contributed by atoms with E-state index in [2.05, 4.69) is 0 Å². The Bertz CT molecular complexity index is 1390. The second-order valence-corrected chi connectivity index (χ2v) is 11.6. The Morgan fingerprint density at radius 2 is 1.02 bits per heavy atom. The smallest absolute Gasteiger partial charge is 0.253 e. The maximum atomic E-state index is 13.8. The topological polar surface area (TPSA) is 12.0 Å². The Morgan fingerprint density at radius 3 is 1.48 bits per heavy atom. The Kier molecular flexibility index (Phi) is 16.4. The highest BCUT2D eigenvalue weighted by Crippen LogP contribution is 2.47. The molecule has 2 rings (SSSR count).